The van der Waals surface area contributed by atoms with Crippen LogP contribution in [0.25, 0.3) is 0 Å². The van der Waals surface area contributed by atoms with Crippen LogP contribution in [0, 0.1) is 5.21 Å². The van der Waals surface area contributed by atoms with Crippen LogP contribution in [0.5, 0.6) is 11.5 Å². The highest BCUT2D eigenvalue weighted by molar-refractivity contribution is 7.11. The molecule has 0 aliphatic heterocycles. The third-order valence-corrected chi connectivity index (χ3v) is 7.64. The summed E-state index contributed by atoms with van der Waals surface area (Å²) in [5.74, 6) is -1.56. The predicted octanol–water partition coefficient (Wildman–Crippen LogP) is 6.17. The van der Waals surface area contributed by atoms with Crippen molar-refractivity contribution in [3.05, 3.63) is 111 Å². The first-order valence-electron chi connectivity index (χ1n) is 12.1. The highest BCUT2D eigenvalue weighted by Crippen LogP contribution is 2.41. The predicted molar refractivity (Wildman–Crippen MR) is 137 cm³/mol. The molecule has 0 radical (unpaired) electrons. The molecule has 0 aliphatic rings. The van der Waals surface area contributed by atoms with Crippen LogP contribution >= 0.6 is 11.3 Å². The highest BCUT2D eigenvalue weighted by Gasteiger charge is 2.31. The van der Waals surface area contributed by atoms with Crippen molar-refractivity contribution >= 4 is 11.3 Å². The number of aliphatic hydroxyl groups is 1. The Morgan fingerprint density at radius 2 is 1.59 bits per heavy atom. The minimum atomic E-state index is -3.26. The molecular weight excluding hydrogens is 536 g/mol. The van der Waals surface area contributed by atoms with Gasteiger partial charge in [0.1, 0.15) is 10.6 Å². The number of ether oxygens (including phenoxy) is 2. The third-order valence-electron chi connectivity index (χ3n) is 6.32. The summed E-state index contributed by atoms with van der Waals surface area (Å²) in [6.07, 6.45) is 5.43. The summed E-state index contributed by atoms with van der Waals surface area (Å²) < 4.78 is 61.4. The van der Waals surface area contributed by atoms with E-state index in [9.17, 15) is 27.9 Å². The number of halogens is 4. The van der Waals surface area contributed by atoms with Crippen molar-refractivity contribution in [3.63, 3.8) is 0 Å². The van der Waals surface area contributed by atoms with Crippen molar-refractivity contribution in [2.75, 3.05) is 0 Å². The van der Waals surface area contributed by atoms with Crippen LogP contribution in [0.3, 0.4) is 0 Å². The van der Waals surface area contributed by atoms with Crippen LogP contribution in [0.1, 0.15) is 51.9 Å². The van der Waals surface area contributed by atoms with Crippen molar-refractivity contribution in [1.29, 1.82) is 0 Å². The van der Waals surface area contributed by atoms with E-state index in [2.05, 4.69) is 14.5 Å². The maximum atomic E-state index is 13.1. The van der Waals surface area contributed by atoms with Crippen LogP contribution in [0.15, 0.2) is 73.2 Å². The zero-order valence-corrected chi connectivity index (χ0v) is 21.9. The summed E-state index contributed by atoms with van der Waals surface area (Å²) in [6.45, 7) is -2.81. The number of aryl methyl sites for hydroxylation is 1. The summed E-state index contributed by atoms with van der Waals surface area (Å²) in [4.78, 5) is 5.16. The number of thiazole rings is 1. The Bertz CT molecular complexity index is 1380. The number of pyridine rings is 1. The molecule has 4 rings (SSSR count). The quantitative estimate of drug-likeness (QED) is 0.134. The fourth-order valence-corrected chi connectivity index (χ4v) is 5.29. The van der Waals surface area contributed by atoms with Gasteiger partial charge in [-0.25, -0.2) is 4.98 Å². The number of hydrogen-bond donors (Lipinski definition) is 1. The monoisotopic (exact) mass is 562 g/mol. The van der Waals surface area contributed by atoms with Crippen molar-refractivity contribution in [3.8, 4) is 11.5 Å². The van der Waals surface area contributed by atoms with Gasteiger partial charge in [0.15, 0.2) is 23.9 Å². The van der Waals surface area contributed by atoms with Gasteiger partial charge in [-0.15, -0.1) is 11.3 Å². The molecule has 4 aromatic rings. The van der Waals surface area contributed by atoms with E-state index in [1.165, 1.54) is 35.9 Å². The lowest BCUT2D eigenvalue weighted by atomic mass is 9.91. The molecule has 0 amide bonds. The van der Waals surface area contributed by atoms with Crippen molar-refractivity contribution in [2.45, 2.75) is 51.4 Å². The van der Waals surface area contributed by atoms with Gasteiger partial charge < -0.3 is 19.8 Å². The maximum absolute atomic E-state index is 13.1. The topological polar surface area (TPSA) is 78.5 Å². The lowest BCUT2D eigenvalue weighted by Gasteiger charge is -2.22. The molecule has 11 heteroatoms. The van der Waals surface area contributed by atoms with Gasteiger partial charge in [0.25, 0.3) is 0 Å². The van der Waals surface area contributed by atoms with Gasteiger partial charge >= 0.3 is 13.2 Å². The first-order chi connectivity index (χ1) is 18.6. The molecule has 2 aromatic carbocycles. The molecule has 0 spiro atoms. The number of nitrogens with zero attached hydrogens (tertiary/aromatic N) is 2. The van der Waals surface area contributed by atoms with E-state index in [-0.39, 0.29) is 0 Å². The first-order valence-corrected chi connectivity index (χ1v) is 12.9. The van der Waals surface area contributed by atoms with E-state index in [1.807, 2.05) is 31.2 Å². The molecule has 0 saturated heterocycles. The molecule has 2 heterocycles. The van der Waals surface area contributed by atoms with E-state index in [0.29, 0.717) is 32.2 Å². The molecule has 39 heavy (non-hydrogen) atoms. The summed E-state index contributed by atoms with van der Waals surface area (Å²) in [5.41, 5.74) is 1.60. The Balaban J connectivity index is 1.75. The summed E-state index contributed by atoms with van der Waals surface area (Å²) >= 11 is 1.24. The molecule has 0 saturated carbocycles. The van der Waals surface area contributed by atoms with Gasteiger partial charge in [0, 0.05) is 29.1 Å². The molecule has 0 bridgehead atoms. The summed E-state index contributed by atoms with van der Waals surface area (Å²) in [6, 6.07) is 14.7. The largest absolute Gasteiger partial charge is 0.619 e. The SMILES string of the molecule is CCc1ccc(C(C)(O)c2ncc(C(Cc3cc[n+]([O-])cc3)c3ccc(OC(F)F)c(OC(F)F)c3)s2)cc1. The lowest BCUT2D eigenvalue weighted by molar-refractivity contribution is -0.605. The van der Waals surface area contributed by atoms with E-state index < -0.39 is 36.2 Å². The summed E-state index contributed by atoms with van der Waals surface area (Å²) in [7, 11) is 0. The van der Waals surface area contributed by atoms with Gasteiger partial charge in [0.2, 0.25) is 0 Å². The maximum Gasteiger partial charge on any atom is 0.387 e. The number of rotatable bonds is 11. The number of aromatic nitrogens is 2. The zero-order chi connectivity index (χ0) is 28.2. The van der Waals surface area contributed by atoms with Crippen LogP contribution in [-0.2, 0) is 18.4 Å². The Hall–Kier alpha value is -3.70. The molecule has 6 nitrogen and oxygen atoms in total. The second-order valence-electron chi connectivity index (χ2n) is 8.98. The van der Waals surface area contributed by atoms with Crippen LogP contribution in [0.4, 0.5) is 17.6 Å². The average molecular weight is 563 g/mol. The standard InChI is InChI=1S/C28H26F4N2O4S/c1-3-17-4-7-20(8-5-17)28(2,35)25-33-16-24(39-25)21(14-18-10-12-34(36)13-11-18)19-6-9-22(37-26(29)30)23(15-19)38-27(31)32/h4-13,15-16,21,26-27,35H,3,14H2,1-2H3. The van der Waals surface area contributed by atoms with Crippen molar-refractivity contribution in [1.82, 2.24) is 4.98 Å². The second kappa shape index (κ2) is 12.0. The minimum Gasteiger partial charge on any atom is -0.619 e. The van der Waals surface area contributed by atoms with Gasteiger partial charge in [-0.2, -0.15) is 22.3 Å². The first kappa shape index (κ1) is 28.3. The minimum absolute atomic E-state index is 0.318. The second-order valence-corrected chi connectivity index (χ2v) is 10.0. The van der Waals surface area contributed by atoms with Crippen molar-refractivity contribution < 1.29 is 36.9 Å². The fourth-order valence-electron chi connectivity index (χ4n) is 4.18. The number of hydrogen-bond acceptors (Lipinski definition) is 6. The Morgan fingerprint density at radius 1 is 0.949 bits per heavy atom. The van der Waals surface area contributed by atoms with Gasteiger partial charge in [-0.3, -0.25) is 0 Å². The summed E-state index contributed by atoms with van der Waals surface area (Å²) in [5, 5.41) is 23.3. The molecule has 0 fully saturated rings. The molecule has 1 N–H and O–H groups in total. The van der Waals surface area contributed by atoms with Crippen LogP contribution < -0.4 is 14.2 Å². The van der Waals surface area contributed by atoms with Crippen molar-refractivity contribution in [2.24, 2.45) is 0 Å². The zero-order valence-electron chi connectivity index (χ0n) is 21.1. The smallest absolute Gasteiger partial charge is 0.387 e. The van der Waals surface area contributed by atoms with E-state index >= 15 is 0 Å². The van der Waals surface area contributed by atoms with Gasteiger partial charge in [0.05, 0.1) is 0 Å². The Labute approximate surface area is 226 Å². The molecule has 206 valence electrons. The Kier molecular flexibility index (Phi) is 8.71. The van der Waals surface area contributed by atoms with Crippen LogP contribution in [0.2, 0.25) is 0 Å². The van der Waals surface area contributed by atoms with Gasteiger partial charge in [-0.1, -0.05) is 37.3 Å². The lowest BCUT2D eigenvalue weighted by Crippen LogP contribution is -2.24. The normalized spacial score (nSPS) is 13.9. The van der Waals surface area contributed by atoms with E-state index in [0.717, 1.165) is 23.6 Å². The third kappa shape index (κ3) is 6.85. The number of alkyl halides is 4. The molecular formula is C28H26F4N2O4S. The van der Waals surface area contributed by atoms with Crippen LogP contribution in [-0.4, -0.2) is 23.3 Å². The highest BCUT2D eigenvalue weighted by atomic mass is 32.1. The van der Waals surface area contributed by atoms with E-state index in [4.69, 9.17) is 0 Å². The molecule has 2 atom stereocenters. The Morgan fingerprint density at radius 3 is 2.21 bits per heavy atom. The van der Waals surface area contributed by atoms with Gasteiger partial charge in [-0.05, 0) is 54.2 Å². The fraction of sp³-hybridized carbons (Fsp3) is 0.286. The van der Waals surface area contributed by atoms with E-state index in [1.54, 1.807) is 25.3 Å². The molecule has 2 aromatic heterocycles. The number of benzene rings is 2. The molecule has 2 unspecified atom stereocenters. The average Bonchev–Trinajstić information content (AvgIpc) is 3.40. The molecule has 0 aliphatic carbocycles.